The summed E-state index contributed by atoms with van der Waals surface area (Å²) in [5, 5.41) is 0. The molecule has 70 valence electrons. The van der Waals surface area contributed by atoms with Crippen LogP contribution in [0.15, 0.2) is 0 Å². The lowest BCUT2D eigenvalue weighted by Gasteiger charge is -2.11. The summed E-state index contributed by atoms with van der Waals surface area (Å²) >= 11 is 0. The summed E-state index contributed by atoms with van der Waals surface area (Å²) < 4.78 is 9.53. The lowest BCUT2D eigenvalue weighted by molar-refractivity contribution is -0.160. The fourth-order valence-electron chi connectivity index (χ4n) is 0.736. The minimum atomic E-state index is -1.05. The third kappa shape index (κ3) is 3.48. The van der Waals surface area contributed by atoms with E-state index >= 15 is 0 Å². The summed E-state index contributed by atoms with van der Waals surface area (Å²) in [7, 11) is 0. The Kier molecular flexibility index (Phi) is 5.28. The average Bonchev–Trinajstić information content (AvgIpc) is 1.99. The fraction of sp³-hybridized carbons (Fsp3) is 0.750. The van der Waals surface area contributed by atoms with E-state index in [1.54, 1.807) is 13.8 Å². The van der Waals surface area contributed by atoms with Crippen molar-refractivity contribution in [2.45, 2.75) is 26.9 Å². The number of hydrogen-bond donors (Lipinski definition) is 0. The van der Waals surface area contributed by atoms with E-state index in [0.29, 0.717) is 6.61 Å². The first-order valence-electron chi connectivity index (χ1n) is 3.92. The van der Waals surface area contributed by atoms with Gasteiger partial charge in [0, 0.05) is 6.61 Å². The summed E-state index contributed by atoms with van der Waals surface area (Å²) in [6, 6.07) is 0. The largest absolute Gasteiger partial charge is 0.464 e. The first-order chi connectivity index (χ1) is 5.63. The molecule has 0 aliphatic rings. The van der Waals surface area contributed by atoms with Gasteiger partial charge in [0.05, 0.1) is 6.61 Å². The Morgan fingerprint density at radius 3 is 2.17 bits per heavy atom. The van der Waals surface area contributed by atoms with Crippen molar-refractivity contribution in [3.05, 3.63) is 0 Å². The van der Waals surface area contributed by atoms with Crippen molar-refractivity contribution in [3.63, 3.8) is 0 Å². The van der Waals surface area contributed by atoms with Gasteiger partial charge < -0.3 is 9.47 Å². The minimum absolute atomic E-state index is 0.260. The third-order valence-corrected chi connectivity index (χ3v) is 1.20. The van der Waals surface area contributed by atoms with E-state index < -0.39 is 12.1 Å². The molecular formula is C8H14O4. The monoisotopic (exact) mass is 174 g/mol. The number of carbonyl (C=O) groups is 2. The maximum Gasteiger partial charge on any atom is 0.343 e. The van der Waals surface area contributed by atoms with Gasteiger partial charge in [-0.1, -0.05) is 0 Å². The highest BCUT2D eigenvalue weighted by atomic mass is 16.6. The Bertz CT molecular complexity index is 164. The number of Topliss-reactive ketones (excluding diaryl/α,β-unsaturated/α-hetero) is 1. The number of hydrogen-bond acceptors (Lipinski definition) is 4. The maximum absolute atomic E-state index is 11.0. The molecule has 0 rings (SSSR count). The van der Waals surface area contributed by atoms with Gasteiger partial charge in [0.15, 0.2) is 5.78 Å². The molecular weight excluding hydrogens is 160 g/mol. The van der Waals surface area contributed by atoms with Crippen LogP contribution in [-0.2, 0) is 19.1 Å². The Hall–Kier alpha value is -0.900. The van der Waals surface area contributed by atoms with Crippen LogP contribution in [0.5, 0.6) is 0 Å². The van der Waals surface area contributed by atoms with Crippen LogP contribution < -0.4 is 0 Å². The first kappa shape index (κ1) is 11.1. The summed E-state index contributed by atoms with van der Waals surface area (Å²) in [5.74, 6) is -0.929. The fourth-order valence-corrected chi connectivity index (χ4v) is 0.736. The smallest absolute Gasteiger partial charge is 0.343 e. The number of ketones is 1. The molecule has 4 heteroatoms. The standard InChI is InChI=1S/C8H14O4/c1-4-11-7(6(3)9)8(10)12-5-2/h7H,4-5H2,1-3H3. The van der Waals surface area contributed by atoms with Crippen molar-refractivity contribution in [2.75, 3.05) is 13.2 Å². The van der Waals surface area contributed by atoms with Crippen LogP contribution in [0.1, 0.15) is 20.8 Å². The van der Waals surface area contributed by atoms with Gasteiger partial charge in [0.1, 0.15) is 0 Å². The highest BCUT2D eigenvalue weighted by Gasteiger charge is 2.24. The number of carbonyl (C=O) groups excluding carboxylic acids is 2. The second kappa shape index (κ2) is 5.71. The van der Waals surface area contributed by atoms with Crippen LogP contribution in [0, 0.1) is 0 Å². The van der Waals surface area contributed by atoms with Gasteiger partial charge in [-0.05, 0) is 20.8 Å². The Morgan fingerprint density at radius 2 is 1.83 bits per heavy atom. The van der Waals surface area contributed by atoms with Gasteiger partial charge in [-0.15, -0.1) is 0 Å². The lowest BCUT2D eigenvalue weighted by atomic mass is 10.2. The van der Waals surface area contributed by atoms with E-state index in [2.05, 4.69) is 4.74 Å². The van der Waals surface area contributed by atoms with Crippen LogP contribution in [0.3, 0.4) is 0 Å². The molecule has 0 heterocycles. The second-order valence-corrected chi connectivity index (χ2v) is 2.20. The second-order valence-electron chi connectivity index (χ2n) is 2.20. The van der Waals surface area contributed by atoms with Crippen molar-refractivity contribution >= 4 is 11.8 Å². The van der Waals surface area contributed by atoms with E-state index in [9.17, 15) is 9.59 Å². The predicted octanol–water partition coefficient (Wildman–Crippen LogP) is 0.544. The van der Waals surface area contributed by atoms with Crippen LogP contribution in [0.25, 0.3) is 0 Å². The van der Waals surface area contributed by atoms with Crippen LogP contribution >= 0.6 is 0 Å². The SMILES string of the molecule is CCOC(=O)C(OCC)C(C)=O. The van der Waals surface area contributed by atoms with Crippen molar-refractivity contribution in [1.82, 2.24) is 0 Å². The third-order valence-electron chi connectivity index (χ3n) is 1.20. The quantitative estimate of drug-likeness (QED) is 0.451. The van der Waals surface area contributed by atoms with Crippen LogP contribution in [0.4, 0.5) is 0 Å². The molecule has 0 fully saturated rings. The summed E-state index contributed by atoms with van der Waals surface area (Å²) in [4.78, 5) is 21.8. The number of esters is 1. The molecule has 0 bridgehead atoms. The Balaban J connectivity index is 4.09. The van der Waals surface area contributed by atoms with Gasteiger partial charge in [-0.2, -0.15) is 0 Å². The van der Waals surface area contributed by atoms with Gasteiger partial charge >= 0.3 is 5.97 Å². The van der Waals surface area contributed by atoms with Crippen LogP contribution in [-0.4, -0.2) is 31.1 Å². The van der Waals surface area contributed by atoms with Crippen molar-refractivity contribution < 1.29 is 19.1 Å². The maximum atomic E-state index is 11.0. The van der Waals surface area contributed by atoms with E-state index in [1.807, 2.05) is 0 Å². The molecule has 0 saturated heterocycles. The molecule has 0 amide bonds. The zero-order valence-electron chi connectivity index (χ0n) is 7.62. The van der Waals surface area contributed by atoms with E-state index in [-0.39, 0.29) is 12.4 Å². The molecule has 4 nitrogen and oxygen atoms in total. The molecule has 0 aromatic heterocycles. The number of ether oxygens (including phenoxy) is 2. The molecule has 0 N–H and O–H groups in total. The minimum Gasteiger partial charge on any atom is -0.464 e. The predicted molar refractivity (Wildman–Crippen MR) is 42.7 cm³/mol. The summed E-state index contributed by atoms with van der Waals surface area (Å²) in [5.41, 5.74) is 0. The summed E-state index contributed by atoms with van der Waals surface area (Å²) in [6.45, 7) is 5.28. The van der Waals surface area contributed by atoms with E-state index in [4.69, 9.17) is 4.74 Å². The molecule has 1 atom stereocenters. The Labute approximate surface area is 71.8 Å². The lowest BCUT2D eigenvalue weighted by Crippen LogP contribution is -2.33. The van der Waals surface area contributed by atoms with Crippen molar-refractivity contribution in [3.8, 4) is 0 Å². The number of rotatable bonds is 5. The summed E-state index contributed by atoms with van der Waals surface area (Å²) in [6.07, 6.45) is -1.05. The van der Waals surface area contributed by atoms with E-state index in [0.717, 1.165) is 0 Å². The molecule has 0 aromatic carbocycles. The zero-order valence-corrected chi connectivity index (χ0v) is 7.62. The average molecular weight is 174 g/mol. The molecule has 0 aliphatic carbocycles. The zero-order chi connectivity index (χ0) is 9.56. The molecule has 0 radical (unpaired) electrons. The van der Waals surface area contributed by atoms with Gasteiger partial charge in [0.25, 0.3) is 0 Å². The van der Waals surface area contributed by atoms with Gasteiger partial charge in [-0.25, -0.2) is 4.79 Å². The molecule has 1 unspecified atom stereocenters. The molecule has 0 aliphatic heterocycles. The normalized spacial score (nSPS) is 12.2. The van der Waals surface area contributed by atoms with Gasteiger partial charge in [-0.3, -0.25) is 4.79 Å². The van der Waals surface area contributed by atoms with E-state index in [1.165, 1.54) is 6.92 Å². The topological polar surface area (TPSA) is 52.6 Å². The van der Waals surface area contributed by atoms with Crippen molar-refractivity contribution in [1.29, 1.82) is 0 Å². The highest BCUT2D eigenvalue weighted by Crippen LogP contribution is 1.97. The van der Waals surface area contributed by atoms with Gasteiger partial charge in [0.2, 0.25) is 6.10 Å². The highest BCUT2D eigenvalue weighted by molar-refractivity contribution is 6.00. The molecule has 0 aromatic rings. The molecule has 0 spiro atoms. The molecule has 0 saturated carbocycles. The van der Waals surface area contributed by atoms with Crippen LogP contribution in [0.2, 0.25) is 0 Å². The first-order valence-corrected chi connectivity index (χ1v) is 3.92. The van der Waals surface area contributed by atoms with Crippen molar-refractivity contribution in [2.24, 2.45) is 0 Å². The molecule has 12 heavy (non-hydrogen) atoms. The Morgan fingerprint density at radius 1 is 1.25 bits per heavy atom.